The highest BCUT2D eigenvalue weighted by Crippen LogP contribution is 2.27. The first-order valence-corrected chi connectivity index (χ1v) is 8.61. The lowest BCUT2D eigenvalue weighted by atomic mass is 10.1. The van der Waals surface area contributed by atoms with Crippen molar-refractivity contribution >= 4 is 5.82 Å². The number of nitro groups is 1. The van der Waals surface area contributed by atoms with Gasteiger partial charge >= 0.3 is 18.2 Å². The highest BCUT2D eigenvalue weighted by molar-refractivity contribution is 5.60. The number of imidazole rings is 1. The maximum atomic E-state index is 12.3. The first kappa shape index (κ1) is 19.5. The minimum atomic E-state index is -4.76. The second-order valence-electron chi connectivity index (χ2n) is 6.28. The maximum Gasteiger partial charge on any atom is 0.573 e. The van der Waals surface area contributed by atoms with Crippen molar-refractivity contribution in [3.05, 3.63) is 58.8 Å². The third-order valence-corrected chi connectivity index (χ3v) is 4.11. The van der Waals surface area contributed by atoms with Gasteiger partial charge in [-0.15, -0.1) is 13.2 Å². The highest BCUT2D eigenvalue weighted by Gasteiger charge is 2.31. The zero-order valence-electron chi connectivity index (χ0n) is 15.1. The zero-order chi connectivity index (χ0) is 21.3. The van der Waals surface area contributed by atoms with Gasteiger partial charge in [-0.1, -0.05) is 6.07 Å². The molecule has 1 atom stereocenters. The molecule has 1 aliphatic rings. The Morgan fingerprint density at radius 1 is 1.17 bits per heavy atom. The van der Waals surface area contributed by atoms with Crippen LogP contribution in [0.3, 0.4) is 0 Å². The Morgan fingerprint density at radius 3 is 2.63 bits per heavy atom. The van der Waals surface area contributed by atoms with E-state index in [1.165, 1.54) is 35.0 Å². The van der Waals surface area contributed by atoms with Crippen LogP contribution in [0.15, 0.2) is 48.7 Å². The predicted molar refractivity (Wildman–Crippen MR) is 95.1 cm³/mol. The fraction of sp³-hybridized carbons (Fsp3) is 0.222. The highest BCUT2D eigenvalue weighted by atomic mass is 19.4. The van der Waals surface area contributed by atoms with E-state index in [9.17, 15) is 23.3 Å². The molecule has 3 aromatic rings. The molecule has 4 rings (SSSR count). The van der Waals surface area contributed by atoms with E-state index < -0.39 is 17.4 Å². The van der Waals surface area contributed by atoms with Crippen LogP contribution in [0.5, 0.6) is 17.6 Å². The van der Waals surface area contributed by atoms with Gasteiger partial charge in [-0.3, -0.25) is 4.57 Å². The van der Waals surface area contributed by atoms with E-state index in [4.69, 9.17) is 9.47 Å². The number of halogens is 3. The molecule has 0 unspecified atom stereocenters. The van der Waals surface area contributed by atoms with Crippen molar-refractivity contribution in [2.75, 3.05) is 6.61 Å². The summed E-state index contributed by atoms with van der Waals surface area (Å²) in [6.45, 7) is 0.412. The Hall–Kier alpha value is -3.83. The first-order valence-electron chi connectivity index (χ1n) is 8.61. The number of pyridine rings is 1. The van der Waals surface area contributed by atoms with Crippen molar-refractivity contribution in [1.29, 1.82) is 0 Å². The Labute approximate surface area is 166 Å². The molecule has 2 aromatic heterocycles. The van der Waals surface area contributed by atoms with Gasteiger partial charge in [0.2, 0.25) is 5.88 Å². The van der Waals surface area contributed by atoms with Crippen LogP contribution in [0.2, 0.25) is 0 Å². The lowest BCUT2D eigenvalue weighted by Gasteiger charge is -2.22. The molecule has 0 amide bonds. The van der Waals surface area contributed by atoms with Gasteiger partial charge in [0.1, 0.15) is 18.6 Å². The number of rotatable bonds is 5. The average Bonchev–Trinajstić information content (AvgIpc) is 3.11. The summed E-state index contributed by atoms with van der Waals surface area (Å²) in [5, 5.41) is 10.8. The van der Waals surface area contributed by atoms with Crippen LogP contribution >= 0.6 is 0 Å². The summed E-state index contributed by atoms with van der Waals surface area (Å²) in [6.07, 6.45) is -3.96. The monoisotopic (exact) mass is 422 g/mol. The van der Waals surface area contributed by atoms with Crippen molar-refractivity contribution in [2.24, 2.45) is 0 Å². The van der Waals surface area contributed by atoms with E-state index in [-0.39, 0.29) is 36.6 Å². The van der Waals surface area contributed by atoms with Crippen LogP contribution in [-0.4, -0.2) is 38.5 Å². The Kier molecular flexibility index (Phi) is 4.90. The molecular weight excluding hydrogens is 409 g/mol. The third kappa shape index (κ3) is 4.42. The Bertz CT molecular complexity index is 1070. The van der Waals surface area contributed by atoms with E-state index in [1.54, 1.807) is 18.2 Å². The van der Waals surface area contributed by atoms with Gasteiger partial charge in [0.25, 0.3) is 0 Å². The number of nitrogens with zero attached hydrogens (tertiary/aromatic N) is 4. The summed E-state index contributed by atoms with van der Waals surface area (Å²) in [6, 6.07) is 10.4. The molecule has 0 spiro atoms. The molecule has 0 saturated carbocycles. The van der Waals surface area contributed by atoms with Crippen LogP contribution in [0.25, 0.3) is 11.3 Å². The number of ether oxygens (including phenoxy) is 3. The molecule has 0 radical (unpaired) electrons. The van der Waals surface area contributed by atoms with Gasteiger partial charge in [-0.05, 0) is 35.3 Å². The van der Waals surface area contributed by atoms with Crippen LogP contribution in [0.1, 0.15) is 0 Å². The molecule has 0 aliphatic carbocycles. The van der Waals surface area contributed by atoms with Gasteiger partial charge < -0.3 is 24.3 Å². The summed E-state index contributed by atoms with van der Waals surface area (Å²) in [4.78, 5) is 18.3. The van der Waals surface area contributed by atoms with E-state index in [1.807, 2.05) is 0 Å². The van der Waals surface area contributed by atoms with Crippen molar-refractivity contribution in [2.45, 2.75) is 19.0 Å². The van der Waals surface area contributed by atoms with Crippen molar-refractivity contribution in [1.82, 2.24) is 14.5 Å². The standard InChI is InChI=1S/C18H13F3N4O5/c19-18(20,21)30-12-6-4-11(5-7-12)14-2-1-3-16(22-14)29-13-8-24-9-15(25(26)27)23-17(24)28-10-13/h1-7,9,13H,8,10H2/t13-/m0/s1. The minimum absolute atomic E-state index is 0.129. The second kappa shape index (κ2) is 7.54. The topological polar surface area (TPSA) is 102 Å². The quantitative estimate of drug-likeness (QED) is 0.457. The zero-order valence-corrected chi connectivity index (χ0v) is 15.1. The Morgan fingerprint density at radius 2 is 1.93 bits per heavy atom. The van der Waals surface area contributed by atoms with Gasteiger partial charge in [0.15, 0.2) is 6.10 Å². The van der Waals surface area contributed by atoms with Crippen LogP contribution in [-0.2, 0) is 6.54 Å². The molecule has 3 heterocycles. The molecule has 12 heteroatoms. The molecule has 1 aromatic carbocycles. The van der Waals surface area contributed by atoms with Crippen molar-refractivity contribution < 1.29 is 32.3 Å². The second-order valence-corrected chi connectivity index (χ2v) is 6.28. The van der Waals surface area contributed by atoms with E-state index in [2.05, 4.69) is 14.7 Å². The van der Waals surface area contributed by atoms with Gasteiger partial charge in [-0.2, -0.15) is 0 Å². The molecular formula is C18H13F3N4O5. The summed E-state index contributed by atoms with van der Waals surface area (Å²) in [5.41, 5.74) is 1.06. The van der Waals surface area contributed by atoms with Crippen molar-refractivity contribution in [3.63, 3.8) is 0 Å². The minimum Gasteiger partial charge on any atom is -0.469 e. The average molecular weight is 422 g/mol. The molecule has 0 saturated heterocycles. The number of aromatic nitrogens is 3. The molecule has 0 fully saturated rings. The summed E-state index contributed by atoms with van der Waals surface area (Å²) in [7, 11) is 0. The SMILES string of the molecule is O=[N+]([O-])c1cn2c(n1)OC[C@@H](Oc1cccc(-c3ccc(OC(F)(F)F)cc3)n1)C2. The predicted octanol–water partition coefficient (Wildman–Crippen LogP) is 3.59. The molecule has 30 heavy (non-hydrogen) atoms. The number of hydrogen-bond donors (Lipinski definition) is 0. The lowest BCUT2D eigenvalue weighted by molar-refractivity contribution is -0.389. The van der Waals surface area contributed by atoms with Crippen LogP contribution in [0.4, 0.5) is 19.0 Å². The van der Waals surface area contributed by atoms with Crippen LogP contribution in [0, 0.1) is 10.1 Å². The van der Waals surface area contributed by atoms with Crippen LogP contribution < -0.4 is 14.2 Å². The summed E-state index contributed by atoms with van der Waals surface area (Å²) in [5.74, 6) is -0.373. The largest absolute Gasteiger partial charge is 0.573 e. The van der Waals surface area contributed by atoms with E-state index in [0.717, 1.165) is 0 Å². The van der Waals surface area contributed by atoms with Crippen molar-refractivity contribution in [3.8, 4) is 28.9 Å². The van der Waals surface area contributed by atoms with Gasteiger partial charge in [-0.25, -0.2) is 4.98 Å². The molecule has 0 N–H and O–H groups in total. The van der Waals surface area contributed by atoms with E-state index in [0.29, 0.717) is 11.3 Å². The number of fused-ring (bicyclic) bond motifs is 1. The molecule has 9 nitrogen and oxygen atoms in total. The lowest BCUT2D eigenvalue weighted by Crippen LogP contribution is -2.34. The fourth-order valence-electron chi connectivity index (χ4n) is 2.87. The Balaban J connectivity index is 1.45. The third-order valence-electron chi connectivity index (χ3n) is 4.11. The normalized spacial score (nSPS) is 15.8. The smallest absolute Gasteiger partial charge is 0.469 e. The maximum absolute atomic E-state index is 12.3. The number of hydrogen-bond acceptors (Lipinski definition) is 7. The summed E-state index contributed by atoms with van der Waals surface area (Å²) >= 11 is 0. The summed E-state index contributed by atoms with van der Waals surface area (Å²) < 4.78 is 53.4. The van der Waals surface area contributed by atoms with Gasteiger partial charge in [0.05, 0.1) is 12.2 Å². The fourth-order valence-corrected chi connectivity index (χ4v) is 2.87. The van der Waals surface area contributed by atoms with E-state index >= 15 is 0 Å². The number of alkyl halides is 3. The number of benzene rings is 1. The first-order chi connectivity index (χ1) is 14.3. The molecule has 156 valence electrons. The molecule has 1 aliphatic heterocycles. The molecule has 0 bridgehead atoms. The van der Waals surface area contributed by atoms with Gasteiger partial charge in [0, 0.05) is 16.6 Å².